The van der Waals surface area contributed by atoms with Gasteiger partial charge in [0.15, 0.2) is 5.96 Å². The standard InChI is InChI=1S/C17H26BrN3O.HI/c1-3-19-16(20-11-12-22-4-2)21-13-17(9-10-17)14-7-5-6-8-15(14)18;/h5-8H,3-4,9-13H2,1-2H3,(H2,19,20,21);1H. The number of hydrogen-bond donors (Lipinski definition) is 2. The van der Waals surface area contributed by atoms with Crippen molar-refractivity contribution in [3.8, 4) is 0 Å². The van der Waals surface area contributed by atoms with Crippen molar-refractivity contribution in [2.24, 2.45) is 4.99 Å². The Morgan fingerprint density at radius 2 is 2.00 bits per heavy atom. The minimum Gasteiger partial charge on any atom is -0.380 e. The molecular formula is C17H27BrIN3O. The van der Waals surface area contributed by atoms with Crippen LogP contribution in [0.5, 0.6) is 0 Å². The molecule has 0 spiro atoms. The van der Waals surface area contributed by atoms with Crippen LogP contribution in [0.3, 0.4) is 0 Å². The van der Waals surface area contributed by atoms with Gasteiger partial charge in [0.05, 0.1) is 13.2 Å². The summed E-state index contributed by atoms with van der Waals surface area (Å²) in [5.74, 6) is 0.875. The Balaban J connectivity index is 0.00000264. The maximum Gasteiger partial charge on any atom is 0.191 e. The summed E-state index contributed by atoms with van der Waals surface area (Å²) in [6.07, 6.45) is 2.41. The Bertz CT molecular complexity index is 506. The van der Waals surface area contributed by atoms with Crippen molar-refractivity contribution >= 4 is 45.9 Å². The normalized spacial score (nSPS) is 15.7. The number of halogens is 2. The first-order valence-corrected chi connectivity index (χ1v) is 8.86. The molecule has 0 atom stereocenters. The predicted molar refractivity (Wildman–Crippen MR) is 111 cm³/mol. The van der Waals surface area contributed by atoms with Gasteiger partial charge in [0.1, 0.15) is 0 Å². The van der Waals surface area contributed by atoms with Crippen LogP contribution in [0.25, 0.3) is 0 Å². The van der Waals surface area contributed by atoms with E-state index in [2.05, 4.69) is 57.8 Å². The van der Waals surface area contributed by atoms with E-state index >= 15 is 0 Å². The fourth-order valence-corrected chi connectivity index (χ4v) is 3.22. The number of nitrogens with one attached hydrogen (secondary N) is 2. The smallest absolute Gasteiger partial charge is 0.191 e. The van der Waals surface area contributed by atoms with Gasteiger partial charge in [-0.1, -0.05) is 34.1 Å². The third kappa shape index (κ3) is 6.23. The Morgan fingerprint density at radius 3 is 2.61 bits per heavy atom. The average Bonchev–Trinajstić information content (AvgIpc) is 3.30. The molecule has 1 fully saturated rings. The van der Waals surface area contributed by atoms with Gasteiger partial charge in [-0.15, -0.1) is 24.0 Å². The first-order chi connectivity index (χ1) is 10.7. The molecule has 1 aromatic carbocycles. The molecule has 0 saturated heterocycles. The van der Waals surface area contributed by atoms with E-state index in [4.69, 9.17) is 9.73 Å². The fraction of sp³-hybridized carbons (Fsp3) is 0.588. The molecule has 2 N–H and O–H groups in total. The molecule has 4 nitrogen and oxygen atoms in total. The fourth-order valence-electron chi connectivity index (χ4n) is 2.51. The zero-order valence-electron chi connectivity index (χ0n) is 13.9. The van der Waals surface area contributed by atoms with E-state index in [-0.39, 0.29) is 29.4 Å². The monoisotopic (exact) mass is 495 g/mol. The maximum absolute atomic E-state index is 5.35. The van der Waals surface area contributed by atoms with Gasteiger partial charge in [-0.05, 0) is 38.3 Å². The number of ether oxygens (including phenoxy) is 1. The number of guanidine groups is 1. The largest absolute Gasteiger partial charge is 0.380 e. The van der Waals surface area contributed by atoms with Crippen LogP contribution in [0, 0.1) is 0 Å². The van der Waals surface area contributed by atoms with Gasteiger partial charge in [0.25, 0.3) is 0 Å². The van der Waals surface area contributed by atoms with Crippen LogP contribution in [-0.4, -0.2) is 38.8 Å². The minimum absolute atomic E-state index is 0. The summed E-state index contributed by atoms with van der Waals surface area (Å²) < 4.78 is 6.55. The third-order valence-corrected chi connectivity index (χ3v) is 4.62. The molecule has 1 aromatic rings. The number of rotatable bonds is 8. The van der Waals surface area contributed by atoms with Crippen molar-refractivity contribution in [1.82, 2.24) is 10.6 Å². The highest BCUT2D eigenvalue weighted by Gasteiger charge is 2.45. The number of aliphatic imine (C=N–C) groups is 1. The summed E-state index contributed by atoms with van der Waals surface area (Å²) in [4.78, 5) is 4.78. The molecule has 0 radical (unpaired) electrons. The molecule has 1 aliphatic carbocycles. The summed E-state index contributed by atoms with van der Waals surface area (Å²) in [6.45, 7) is 8.01. The van der Waals surface area contributed by atoms with E-state index in [1.54, 1.807) is 0 Å². The molecular weight excluding hydrogens is 469 g/mol. The van der Waals surface area contributed by atoms with Gasteiger partial charge in [-0.25, -0.2) is 0 Å². The van der Waals surface area contributed by atoms with Crippen LogP contribution in [0.15, 0.2) is 33.7 Å². The number of hydrogen-bond acceptors (Lipinski definition) is 2. The lowest BCUT2D eigenvalue weighted by molar-refractivity contribution is 0.152. The van der Waals surface area contributed by atoms with Crippen LogP contribution in [0.1, 0.15) is 32.3 Å². The maximum atomic E-state index is 5.35. The summed E-state index contributed by atoms with van der Waals surface area (Å²) in [7, 11) is 0. The highest BCUT2D eigenvalue weighted by Crippen LogP contribution is 2.50. The van der Waals surface area contributed by atoms with Crippen molar-refractivity contribution < 1.29 is 4.74 Å². The van der Waals surface area contributed by atoms with Gasteiger partial charge in [0.2, 0.25) is 0 Å². The molecule has 0 bridgehead atoms. The number of benzene rings is 1. The van der Waals surface area contributed by atoms with Crippen LogP contribution >= 0.6 is 39.9 Å². The first-order valence-electron chi connectivity index (χ1n) is 8.07. The Hall–Kier alpha value is -0.340. The van der Waals surface area contributed by atoms with E-state index in [1.807, 2.05) is 6.92 Å². The average molecular weight is 496 g/mol. The zero-order chi connectivity index (χ0) is 15.8. The van der Waals surface area contributed by atoms with Gasteiger partial charge < -0.3 is 15.4 Å². The van der Waals surface area contributed by atoms with E-state index in [9.17, 15) is 0 Å². The lowest BCUT2D eigenvalue weighted by Gasteiger charge is -2.17. The molecule has 0 aromatic heterocycles. The van der Waals surface area contributed by atoms with E-state index in [1.165, 1.54) is 22.9 Å². The topological polar surface area (TPSA) is 45.7 Å². The highest BCUT2D eigenvalue weighted by molar-refractivity contribution is 14.0. The summed E-state index contributed by atoms with van der Waals surface area (Å²) in [5.41, 5.74) is 1.59. The molecule has 1 aliphatic rings. The van der Waals surface area contributed by atoms with Crippen molar-refractivity contribution in [1.29, 1.82) is 0 Å². The molecule has 23 heavy (non-hydrogen) atoms. The van der Waals surface area contributed by atoms with Crippen molar-refractivity contribution in [2.45, 2.75) is 32.1 Å². The lowest BCUT2D eigenvalue weighted by Crippen LogP contribution is -2.39. The molecule has 130 valence electrons. The molecule has 0 amide bonds. The molecule has 0 unspecified atom stereocenters. The lowest BCUT2D eigenvalue weighted by atomic mass is 9.96. The van der Waals surface area contributed by atoms with Gasteiger partial charge in [-0.2, -0.15) is 0 Å². The first kappa shape index (κ1) is 20.7. The van der Waals surface area contributed by atoms with Crippen molar-refractivity contribution in [3.05, 3.63) is 34.3 Å². The van der Waals surface area contributed by atoms with E-state index in [0.29, 0.717) is 6.61 Å². The van der Waals surface area contributed by atoms with Crippen LogP contribution in [0.4, 0.5) is 0 Å². The van der Waals surface area contributed by atoms with Crippen LogP contribution in [-0.2, 0) is 10.2 Å². The second-order valence-corrected chi connectivity index (χ2v) is 6.43. The second kappa shape index (κ2) is 10.5. The molecule has 0 aliphatic heterocycles. The van der Waals surface area contributed by atoms with E-state index < -0.39 is 0 Å². The van der Waals surface area contributed by atoms with Gasteiger partial charge in [-0.3, -0.25) is 4.99 Å². The summed E-state index contributed by atoms with van der Waals surface area (Å²) in [6, 6.07) is 8.49. The highest BCUT2D eigenvalue weighted by atomic mass is 127. The SMILES string of the molecule is CCNC(=NCC1(c2ccccc2Br)CC1)NCCOCC.I. The predicted octanol–water partition coefficient (Wildman–Crippen LogP) is 3.69. The zero-order valence-corrected chi connectivity index (χ0v) is 17.8. The minimum atomic E-state index is 0. The Labute approximate surface area is 165 Å². The van der Waals surface area contributed by atoms with Crippen molar-refractivity contribution in [2.75, 3.05) is 32.8 Å². The van der Waals surface area contributed by atoms with Crippen LogP contribution < -0.4 is 10.6 Å². The van der Waals surface area contributed by atoms with Gasteiger partial charge in [0, 0.05) is 29.6 Å². The van der Waals surface area contributed by atoms with Crippen LogP contribution in [0.2, 0.25) is 0 Å². The Kier molecular flexibility index (Phi) is 9.46. The quantitative estimate of drug-likeness (QED) is 0.250. The van der Waals surface area contributed by atoms with E-state index in [0.717, 1.165) is 32.2 Å². The van der Waals surface area contributed by atoms with Gasteiger partial charge >= 0.3 is 0 Å². The molecule has 2 rings (SSSR count). The molecule has 0 heterocycles. The summed E-state index contributed by atoms with van der Waals surface area (Å²) in [5, 5.41) is 6.62. The third-order valence-electron chi connectivity index (χ3n) is 3.93. The van der Waals surface area contributed by atoms with Crippen molar-refractivity contribution in [3.63, 3.8) is 0 Å². The Morgan fingerprint density at radius 1 is 1.26 bits per heavy atom. The summed E-state index contributed by atoms with van der Waals surface area (Å²) >= 11 is 3.67. The second-order valence-electron chi connectivity index (χ2n) is 5.58. The molecule has 6 heteroatoms. The molecule has 1 saturated carbocycles. The number of nitrogens with zero attached hydrogens (tertiary/aromatic N) is 1.